The van der Waals surface area contributed by atoms with Gasteiger partial charge in [0, 0.05) is 0 Å². The average Bonchev–Trinajstić information content (AvgIpc) is 2.09. The highest BCUT2D eigenvalue weighted by Crippen LogP contribution is 2.08. The first-order valence-corrected chi connectivity index (χ1v) is 4.71. The van der Waals surface area contributed by atoms with Crippen LogP contribution in [0.4, 0.5) is 4.79 Å². The van der Waals surface area contributed by atoms with Gasteiger partial charge in [0.2, 0.25) is 0 Å². The standard InChI is InChI=1S/C11H17NO4/c1-6-7(2)8(9(13)14)12-10(15)16-11(3,4)5/h6,8H,1-2H2,3-5H3,(H,12,15)(H,13,14). The Morgan fingerprint density at radius 3 is 2.25 bits per heavy atom. The summed E-state index contributed by atoms with van der Waals surface area (Å²) < 4.78 is 4.92. The highest BCUT2D eigenvalue weighted by Gasteiger charge is 2.24. The topological polar surface area (TPSA) is 75.6 Å². The molecule has 1 amide bonds. The molecule has 0 saturated carbocycles. The molecule has 0 rings (SSSR count). The van der Waals surface area contributed by atoms with Crippen LogP contribution in [0.1, 0.15) is 20.8 Å². The smallest absolute Gasteiger partial charge is 0.408 e. The summed E-state index contributed by atoms with van der Waals surface area (Å²) in [6.45, 7) is 11.9. The minimum atomic E-state index is -1.22. The molecule has 1 unspecified atom stereocenters. The number of carbonyl (C=O) groups excluding carboxylic acids is 1. The van der Waals surface area contributed by atoms with E-state index in [-0.39, 0.29) is 5.57 Å². The van der Waals surface area contributed by atoms with Crippen molar-refractivity contribution >= 4 is 12.1 Å². The molecule has 0 aliphatic carbocycles. The van der Waals surface area contributed by atoms with Crippen molar-refractivity contribution in [1.29, 1.82) is 0 Å². The van der Waals surface area contributed by atoms with Crippen LogP contribution in [0.3, 0.4) is 0 Å². The van der Waals surface area contributed by atoms with Crippen LogP contribution in [0.2, 0.25) is 0 Å². The fraction of sp³-hybridized carbons (Fsp3) is 0.455. The Kier molecular flexibility index (Phi) is 4.75. The van der Waals surface area contributed by atoms with Crippen LogP contribution in [0.5, 0.6) is 0 Å². The molecule has 0 spiro atoms. The first-order valence-electron chi connectivity index (χ1n) is 4.71. The maximum atomic E-state index is 11.3. The van der Waals surface area contributed by atoms with Crippen molar-refractivity contribution in [2.24, 2.45) is 0 Å². The number of carboxylic acid groups (broad SMARTS) is 1. The summed E-state index contributed by atoms with van der Waals surface area (Å²) in [6, 6.07) is -1.22. The highest BCUT2D eigenvalue weighted by atomic mass is 16.6. The number of hydrogen-bond acceptors (Lipinski definition) is 3. The lowest BCUT2D eigenvalue weighted by Crippen LogP contribution is -2.44. The summed E-state index contributed by atoms with van der Waals surface area (Å²) in [6.07, 6.45) is 0.471. The Morgan fingerprint density at radius 2 is 1.94 bits per heavy atom. The summed E-state index contributed by atoms with van der Waals surface area (Å²) in [5.74, 6) is -1.21. The van der Waals surface area contributed by atoms with E-state index in [0.29, 0.717) is 0 Å². The number of carboxylic acids is 1. The van der Waals surface area contributed by atoms with E-state index < -0.39 is 23.7 Å². The predicted octanol–water partition coefficient (Wildman–Crippen LogP) is 1.71. The van der Waals surface area contributed by atoms with Crippen LogP contribution in [-0.2, 0) is 9.53 Å². The molecule has 16 heavy (non-hydrogen) atoms. The molecular weight excluding hydrogens is 210 g/mol. The number of aliphatic carboxylic acids is 1. The second kappa shape index (κ2) is 5.34. The molecular formula is C11H17NO4. The molecule has 0 aliphatic rings. The highest BCUT2D eigenvalue weighted by molar-refractivity contribution is 5.83. The Balaban J connectivity index is 4.54. The van der Waals surface area contributed by atoms with Gasteiger partial charge in [0.15, 0.2) is 6.04 Å². The molecule has 0 aromatic heterocycles. The van der Waals surface area contributed by atoms with Gasteiger partial charge in [0.1, 0.15) is 5.60 Å². The molecule has 5 heteroatoms. The van der Waals surface area contributed by atoms with Gasteiger partial charge in [-0.2, -0.15) is 0 Å². The van der Waals surface area contributed by atoms with Crippen LogP contribution >= 0.6 is 0 Å². The van der Waals surface area contributed by atoms with Crippen molar-refractivity contribution in [2.75, 3.05) is 0 Å². The third-order valence-electron chi connectivity index (χ3n) is 1.54. The van der Waals surface area contributed by atoms with Crippen LogP contribution in [0.25, 0.3) is 0 Å². The van der Waals surface area contributed by atoms with E-state index in [1.807, 2.05) is 0 Å². The zero-order valence-corrected chi connectivity index (χ0v) is 9.74. The number of alkyl carbamates (subject to hydrolysis) is 1. The van der Waals surface area contributed by atoms with Crippen molar-refractivity contribution in [3.05, 3.63) is 24.8 Å². The van der Waals surface area contributed by atoms with Gasteiger partial charge >= 0.3 is 12.1 Å². The van der Waals surface area contributed by atoms with Gasteiger partial charge < -0.3 is 15.2 Å². The first kappa shape index (κ1) is 14.2. The van der Waals surface area contributed by atoms with Gasteiger partial charge in [-0.1, -0.05) is 19.2 Å². The predicted molar refractivity (Wildman–Crippen MR) is 60.1 cm³/mol. The van der Waals surface area contributed by atoms with Gasteiger partial charge in [-0.3, -0.25) is 0 Å². The molecule has 2 N–H and O–H groups in total. The van der Waals surface area contributed by atoms with E-state index in [1.54, 1.807) is 20.8 Å². The fourth-order valence-corrected chi connectivity index (χ4v) is 0.856. The van der Waals surface area contributed by atoms with E-state index in [1.165, 1.54) is 6.08 Å². The molecule has 0 aromatic carbocycles. The second-order valence-electron chi connectivity index (χ2n) is 4.20. The summed E-state index contributed by atoms with van der Waals surface area (Å²) in [5, 5.41) is 11.0. The number of hydrogen-bond donors (Lipinski definition) is 2. The van der Waals surface area contributed by atoms with E-state index in [4.69, 9.17) is 9.84 Å². The number of rotatable bonds is 4. The number of nitrogens with one attached hydrogen (secondary N) is 1. The van der Waals surface area contributed by atoms with Gasteiger partial charge in [-0.25, -0.2) is 9.59 Å². The fourth-order valence-electron chi connectivity index (χ4n) is 0.856. The van der Waals surface area contributed by atoms with Gasteiger partial charge in [0.05, 0.1) is 0 Å². The number of carbonyl (C=O) groups is 2. The molecule has 0 saturated heterocycles. The second-order valence-corrected chi connectivity index (χ2v) is 4.20. The maximum absolute atomic E-state index is 11.3. The third kappa shape index (κ3) is 5.19. The molecule has 0 bridgehead atoms. The maximum Gasteiger partial charge on any atom is 0.408 e. The molecule has 1 atom stereocenters. The molecule has 0 aliphatic heterocycles. The first-order chi connectivity index (χ1) is 7.17. The molecule has 0 radical (unpaired) electrons. The lowest BCUT2D eigenvalue weighted by Gasteiger charge is -2.22. The number of amides is 1. The summed E-state index contributed by atoms with van der Waals surface area (Å²) in [4.78, 5) is 22.1. The molecule has 0 fully saturated rings. The van der Waals surface area contributed by atoms with Gasteiger partial charge in [0.25, 0.3) is 0 Å². The normalized spacial score (nSPS) is 12.4. The van der Waals surface area contributed by atoms with Crippen molar-refractivity contribution in [2.45, 2.75) is 32.4 Å². The van der Waals surface area contributed by atoms with Crippen LogP contribution in [0, 0.1) is 0 Å². The summed E-state index contributed by atoms with van der Waals surface area (Å²) >= 11 is 0. The number of ether oxygens (including phenoxy) is 1. The molecule has 0 aromatic rings. The molecule has 0 heterocycles. The van der Waals surface area contributed by atoms with Gasteiger partial charge in [-0.15, -0.1) is 0 Å². The van der Waals surface area contributed by atoms with E-state index in [0.717, 1.165) is 0 Å². The lowest BCUT2D eigenvalue weighted by molar-refractivity contribution is -0.138. The zero-order valence-electron chi connectivity index (χ0n) is 9.74. The van der Waals surface area contributed by atoms with E-state index >= 15 is 0 Å². The minimum Gasteiger partial charge on any atom is -0.479 e. The Bertz CT molecular complexity index is 314. The summed E-state index contributed by atoms with van der Waals surface area (Å²) in [7, 11) is 0. The summed E-state index contributed by atoms with van der Waals surface area (Å²) in [5.41, 5.74) is -0.485. The van der Waals surface area contributed by atoms with E-state index in [9.17, 15) is 9.59 Å². The van der Waals surface area contributed by atoms with E-state index in [2.05, 4.69) is 18.5 Å². The zero-order chi connectivity index (χ0) is 12.9. The monoisotopic (exact) mass is 227 g/mol. The van der Waals surface area contributed by atoms with Crippen LogP contribution in [-0.4, -0.2) is 28.8 Å². The Morgan fingerprint density at radius 1 is 1.44 bits per heavy atom. The van der Waals surface area contributed by atoms with Crippen molar-refractivity contribution in [3.63, 3.8) is 0 Å². The third-order valence-corrected chi connectivity index (χ3v) is 1.54. The molecule has 5 nitrogen and oxygen atoms in total. The Hall–Kier alpha value is -1.78. The quantitative estimate of drug-likeness (QED) is 0.717. The molecule has 90 valence electrons. The Labute approximate surface area is 94.8 Å². The van der Waals surface area contributed by atoms with Gasteiger partial charge in [-0.05, 0) is 26.3 Å². The van der Waals surface area contributed by atoms with Crippen LogP contribution in [0.15, 0.2) is 24.8 Å². The lowest BCUT2D eigenvalue weighted by atomic mass is 10.1. The van der Waals surface area contributed by atoms with Crippen molar-refractivity contribution in [1.82, 2.24) is 5.32 Å². The van der Waals surface area contributed by atoms with Crippen molar-refractivity contribution < 1.29 is 19.4 Å². The largest absolute Gasteiger partial charge is 0.479 e. The van der Waals surface area contributed by atoms with Crippen molar-refractivity contribution in [3.8, 4) is 0 Å². The SMILES string of the molecule is C=CC(=C)C(NC(=O)OC(C)(C)C)C(=O)O. The van der Waals surface area contributed by atoms with Crippen LogP contribution < -0.4 is 5.32 Å². The minimum absolute atomic E-state index is 0.193. The average molecular weight is 227 g/mol.